The van der Waals surface area contributed by atoms with Crippen molar-refractivity contribution >= 4 is 5.84 Å². The van der Waals surface area contributed by atoms with Crippen LogP contribution in [-0.4, -0.2) is 25.3 Å². The molecule has 0 fully saturated rings. The van der Waals surface area contributed by atoms with Crippen molar-refractivity contribution in [2.24, 2.45) is 10.9 Å². The van der Waals surface area contributed by atoms with Crippen LogP contribution in [-0.2, 0) is 0 Å². The van der Waals surface area contributed by atoms with Crippen LogP contribution in [0.3, 0.4) is 0 Å². The van der Waals surface area contributed by atoms with E-state index in [0.717, 1.165) is 5.56 Å². The Labute approximate surface area is 88.1 Å². The van der Waals surface area contributed by atoms with Gasteiger partial charge in [-0.3, -0.25) is 0 Å². The van der Waals surface area contributed by atoms with Crippen LogP contribution < -0.4 is 15.2 Å². The Balaban J connectivity index is 3.42. The number of hydrogen-bond acceptors (Lipinski definition) is 4. The van der Waals surface area contributed by atoms with Gasteiger partial charge in [0.05, 0.1) is 19.8 Å². The SMILES string of the molecule is COc1c(C)ccc(C(N)=NO)c1OC. The maximum atomic E-state index is 8.61. The summed E-state index contributed by atoms with van der Waals surface area (Å²) < 4.78 is 10.4. The van der Waals surface area contributed by atoms with Crippen molar-refractivity contribution in [1.82, 2.24) is 0 Å². The second-order valence-corrected chi connectivity index (χ2v) is 2.98. The molecule has 0 heterocycles. The van der Waals surface area contributed by atoms with Crippen LogP contribution in [0.1, 0.15) is 11.1 Å². The fraction of sp³-hybridized carbons (Fsp3) is 0.300. The number of methoxy groups -OCH3 is 2. The molecule has 0 spiro atoms. The molecule has 0 unspecified atom stereocenters. The number of nitrogens with two attached hydrogens (primary N) is 1. The lowest BCUT2D eigenvalue weighted by Gasteiger charge is -2.13. The first kappa shape index (κ1) is 11.2. The summed E-state index contributed by atoms with van der Waals surface area (Å²) in [5.41, 5.74) is 6.93. The van der Waals surface area contributed by atoms with Crippen LogP contribution in [0, 0.1) is 6.92 Å². The van der Waals surface area contributed by atoms with Gasteiger partial charge >= 0.3 is 0 Å². The molecule has 0 aliphatic rings. The van der Waals surface area contributed by atoms with E-state index < -0.39 is 0 Å². The molecule has 0 aliphatic carbocycles. The first-order valence-electron chi connectivity index (χ1n) is 4.35. The number of amidine groups is 1. The van der Waals surface area contributed by atoms with Gasteiger partial charge < -0.3 is 20.4 Å². The molecular weight excluding hydrogens is 196 g/mol. The van der Waals surface area contributed by atoms with E-state index in [4.69, 9.17) is 20.4 Å². The molecule has 5 nitrogen and oxygen atoms in total. The third-order valence-electron chi connectivity index (χ3n) is 2.10. The Morgan fingerprint density at radius 3 is 2.33 bits per heavy atom. The Bertz CT molecular complexity index is 388. The Morgan fingerprint density at radius 2 is 1.87 bits per heavy atom. The molecule has 0 aliphatic heterocycles. The lowest BCUT2D eigenvalue weighted by atomic mass is 10.1. The fourth-order valence-electron chi connectivity index (χ4n) is 1.37. The minimum atomic E-state index is -0.00912. The highest BCUT2D eigenvalue weighted by Gasteiger charge is 2.15. The fourth-order valence-corrected chi connectivity index (χ4v) is 1.37. The minimum absolute atomic E-state index is 0.00912. The van der Waals surface area contributed by atoms with Crippen molar-refractivity contribution in [1.29, 1.82) is 0 Å². The van der Waals surface area contributed by atoms with Crippen molar-refractivity contribution in [2.45, 2.75) is 6.92 Å². The third kappa shape index (κ3) is 1.96. The third-order valence-corrected chi connectivity index (χ3v) is 2.10. The summed E-state index contributed by atoms with van der Waals surface area (Å²) in [6.07, 6.45) is 0. The summed E-state index contributed by atoms with van der Waals surface area (Å²) in [5.74, 6) is 1.04. The zero-order chi connectivity index (χ0) is 11.4. The quantitative estimate of drug-likeness (QED) is 0.339. The molecule has 15 heavy (non-hydrogen) atoms. The van der Waals surface area contributed by atoms with Gasteiger partial charge in [0.15, 0.2) is 17.3 Å². The minimum Gasteiger partial charge on any atom is -0.493 e. The van der Waals surface area contributed by atoms with Crippen molar-refractivity contribution < 1.29 is 14.7 Å². The zero-order valence-corrected chi connectivity index (χ0v) is 8.94. The number of oxime groups is 1. The molecule has 0 saturated carbocycles. The van der Waals surface area contributed by atoms with Crippen LogP contribution in [0.5, 0.6) is 11.5 Å². The molecule has 0 aromatic heterocycles. The lowest BCUT2D eigenvalue weighted by molar-refractivity contribution is 0.317. The van der Waals surface area contributed by atoms with Crippen molar-refractivity contribution in [2.75, 3.05) is 14.2 Å². The highest BCUT2D eigenvalue weighted by Crippen LogP contribution is 2.33. The van der Waals surface area contributed by atoms with Gasteiger partial charge in [0, 0.05) is 0 Å². The molecule has 0 atom stereocenters. The molecule has 5 heteroatoms. The molecule has 0 amide bonds. The first-order chi connectivity index (χ1) is 7.15. The molecule has 3 N–H and O–H groups in total. The van der Waals surface area contributed by atoms with E-state index in [9.17, 15) is 0 Å². The molecule has 0 saturated heterocycles. The Morgan fingerprint density at radius 1 is 1.27 bits per heavy atom. The normalized spacial score (nSPS) is 11.3. The summed E-state index contributed by atoms with van der Waals surface area (Å²) >= 11 is 0. The van der Waals surface area contributed by atoms with E-state index in [0.29, 0.717) is 17.1 Å². The van der Waals surface area contributed by atoms with Crippen LogP contribution >= 0.6 is 0 Å². The van der Waals surface area contributed by atoms with Gasteiger partial charge in [0.1, 0.15) is 0 Å². The van der Waals surface area contributed by atoms with Gasteiger partial charge in [0.2, 0.25) is 0 Å². The highest BCUT2D eigenvalue weighted by molar-refractivity contribution is 6.00. The molecule has 1 aromatic rings. The van der Waals surface area contributed by atoms with E-state index in [1.54, 1.807) is 13.2 Å². The van der Waals surface area contributed by atoms with Crippen molar-refractivity contribution in [3.8, 4) is 11.5 Å². The standard InChI is InChI=1S/C10H14N2O3/c1-6-4-5-7(10(11)12-13)9(15-3)8(6)14-2/h4-5,13H,1-3H3,(H2,11,12). The average molecular weight is 210 g/mol. The van der Waals surface area contributed by atoms with Gasteiger partial charge in [-0.1, -0.05) is 11.2 Å². The Hall–Kier alpha value is -1.91. The number of rotatable bonds is 3. The number of hydrogen-bond donors (Lipinski definition) is 2. The summed E-state index contributed by atoms with van der Waals surface area (Å²) in [4.78, 5) is 0. The smallest absolute Gasteiger partial charge is 0.173 e. The maximum Gasteiger partial charge on any atom is 0.173 e. The van der Waals surface area contributed by atoms with Gasteiger partial charge in [-0.25, -0.2) is 0 Å². The Kier molecular flexibility index (Phi) is 3.38. The van der Waals surface area contributed by atoms with Crippen LogP contribution in [0.4, 0.5) is 0 Å². The van der Waals surface area contributed by atoms with E-state index in [1.807, 2.05) is 13.0 Å². The lowest BCUT2D eigenvalue weighted by Crippen LogP contribution is -2.15. The molecule has 82 valence electrons. The molecule has 1 aromatic carbocycles. The van der Waals surface area contributed by atoms with Gasteiger partial charge in [-0.05, 0) is 18.6 Å². The monoisotopic (exact) mass is 210 g/mol. The predicted octanol–water partition coefficient (Wildman–Crippen LogP) is 1.11. The maximum absolute atomic E-state index is 8.61. The van der Waals surface area contributed by atoms with Crippen LogP contribution in [0.15, 0.2) is 17.3 Å². The van der Waals surface area contributed by atoms with Crippen LogP contribution in [0.25, 0.3) is 0 Å². The van der Waals surface area contributed by atoms with Gasteiger partial charge in [-0.15, -0.1) is 0 Å². The van der Waals surface area contributed by atoms with E-state index in [2.05, 4.69) is 5.16 Å². The second kappa shape index (κ2) is 4.54. The molecule has 0 radical (unpaired) electrons. The van der Waals surface area contributed by atoms with E-state index >= 15 is 0 Å². The second-order valence-electron chi connectivity index (χ2n) is 2.98. The number of ether oxygens (including phenoxy) is 2. The highest BCUT2D eigenvalue weighted by atomic mass is 16.5. The average Bonchev–Trinajstić information content (AvgIpc) is 2.27. The first-order valence-corrected chi connectivity index (χ1v) is 4.35. The summed E-state index contributed by atoms with van der Waals surface area (Å²) in [6, 6.07) is 3.53. The van der Waals surface area contributed by atoms with E-state index in [-0.39, 0.29) is 5.84 Å². The number of benzene rings is 1. The molecule has 0 bridgehead atoms. The summed E-state index contributed by atoms with van der Waals surface area (Å²) in [5, 5.41) is 11.5. The zero-order valence-electron chi connectivity index (χ0n) is 8.94. The van der Waals surface area contributed by atoms with Gasteiger partial charge in [-0.2, -0.15) is 0 Å². The summed E-state index contributed by atoms with van der Waals surface area (Å²) in [6.45, 7) is 1.89. The molecular formula is C10H14N2O3. The number of nitrogens with zero attached hydrogens (tertiary/aromatic N) is 1. The predicted molar refractivity (Wildman–Crippen MR) is 56.8 cm³/mol. The van der Waals surface area contributed by atoms with Crippen molar-refractivity contribution in [3.05, 3.63) is 23.3 Å². The largest absolute Gasteiger partial charge is 0.493 e. The van der Waals surface area contributed by atoms with Crippen molar-refractivity contribution in [3.63, 3.8) is 0 Å². The van der Waals surface area contributed by atoms with E-state index in [1.165, 1.54) is 7.11 Å². The van der Waals surface area contributed by atoms with Gasteiger partial charge in [0.25, 0.3) is 0 Å². The number of aryl methyl sites for hydroxylation is 1. The molecule has 1 rings (SSSR count). The topological polar surface area (TPSA) is 77.1 Å². The summed E-state index contributed by atoms with van der Waals surface area (Å²) in [7, 11) is 3.05. The van der Waals surface area contributed by atoms with Crippen LogP contribution in [0.2, 0.25) is 0 Å².